The van der Waals surface area contributed by atoms with Gasteiger partial charge in [0.2, 0.25) is 5.95 Å². The van der Waals surface area contributed by atoms with Crippen molar-refractivity contribution in [1.29, 1.82) is 0 Å². The lowest BCUT2D eigenvalue weighted by molar-refractivity contribution is -0.126. The second-order valence-corrected chi connectivity index (χ2v) is 6.33. The molecule has 0 unspecified atom stereocenters. The first kappa shape index (κ1) is 15.9. The van der Waals surface area contributed by atoms with Crippen LogP contribution in [0.4, 0.5) is 16.0 Å². The lowest BCUT2D eigenvalue weighted by atomic mass is 9.92. The van der Waals surface area contributed by atoms with Crippen LogP contribution in [-0.4, -0.2) is 46.2 Å². The number of aromatic nitrogens is 3. The molecule has 2 aromatic heterocycles. The molecule has 0 saturated carbocycles. The average molecular weight is 343 g/mol. The monoisotopic (exact) mass is 343 g/mol. The van der Waals surface area contributed by atoms with Gasteiger partial charge in [0.15, 0.2) is 5.82 Å². The summed E-state index contributed by atoms with van der Waals surface area (Å²) in [6, 6.07) is 3.56. The molecule has 0 spiro atoms. The molecule has 130 valence electrons. The molecule has 1 amide bonds. The second kappa shape index (κ2) is 6.72. The van der Waals surface area contributed by atoms with Crippen LogP contribution in [0.15, 0.2) is 36.9 Å². The van der Waals surface area contributed by atoms with Gasteiger partial charge in [-0.25, -0.2) is 14.4 Å². The highest BCUT2D eigenvalue weighted by molar-refractivity contribution is 5.94. The Morgan fingerprint density at radius 3 is 2.92 bits per heavy atom. The maximum absolute atomic E-state index is 13.0. The maximum atomic E-state index is 13.0. The number of anilines is 2. The Morgan fingerprint density at radius 2 is 2.16 bits per heavy atom. The summed E-state index contributed by atoms with van der Waals surface area (Å²) >= 11 is 0. The van der Waals surface area contributed by atoms with Crippen LogP contribution in [0.3, 0.4) is 0 Å². The van der Waals surface area contributed by atoms with Crippen LogP contribution in [0, 0.1) is 11.7 Å². The molecule has 2 saturated heterocycles. The zero-order valence-corrected chi connectivity index (χ0v) is 13.5. The SMILES string of the molecule is O=C(Nc1cccnc1)[C@@H]1C[C@@H]2CCN(c3ncc(F)cn3)C[C@H]2O1. The summed E-state index contributed by atoms with van der Waals surface area (Å²) in [5, 5.41) is 2.84. The van der Waals surface area contributed by atoms with E-state index in [0.29, 0.717) is 30.5 Å². The Labute approximate surface area is 144 Å². The van der Waals surface area contributed by atoms with E-state index in [4.69, 9.17) is 4.74 Å². The van der Waals surface area contributed by atoms with Gasteiger partial charge in [0.1, 0.15) is 6.10 Å². The van der Waals surface area contributed by atoms with E-state index in [9.17, 15) is 9.18 Å². The van der Waals surface area contributed by atoms with Gasteiger partial charge in [-0.15, -0.1) is 0 Å². The third kappa shape index (κ3) is 3.43. The van der Waals surface area contributed by atoms with E-state index in [1.54, 1.807) is 24.5 Å². The number of rotatable bonds is 3. The summed E-state index contributed by atoms with van der Waals surface area (Å²) in [7, 11) is 0. The maximum Gasteiger partial charge on any atom is 0.253 e. The summed E-state index contributed by atoms with van der Waals surface area (Å²) in [6.45, 7) is 1.38. The van der Waals surface area contributed by atoms with Crippen LogP contribution in [0.1, 0.15) is 12.8 Å². The number of nitrogens with one attached hydrogen (secondary N) is 1. The Morgan fingerprint density at radius 1 is 1.32 bits per heavy atom. The Kier molecular flexibility index (Phi) is 4.27. The summed E-state index contributed by atoms with van der Waals surface area (Å²) in [5.41, 5.74) is 0.660. The molecule has 1 N–H and O–H groups in total. The number of nitrogens with zero attached hydrogens (tertiary/aromatic N) is 4. The zero-order chi connectivity index (χ0) is 17.2. The molecular formula is C17H18FN5O2. The molecule has 25 heavy (non-hydrogen) atoms. The molecule has 4 rings (SSSR count). The first-order valence-corrected chi connectivity index (χ1v) is 8.28. The van der Waals surface area contributed by atoms with Crippen LogP contribution in [-0.2, 0) is 9.53 Å². The molecule has 2 aliphatic heterocycles. The van der Waals surface area contributed by atoms with Crippen LogP contribution >= 0.6 is 0 Å². The molecule has 0 bridgehead atoms. The molecule has 7 nitrogen and oxygen atoms in total. The first-order valence-electron chi connectivity index (χ1n) is 8.28. The van der Waals surface area contributed by atoms with Crippen molar-refractivity contribution in [2.24, 2.45) is 5.92 Å². The predicted octanol–water partition coefficient (Wildman–Crippen LogP) is 1.63. The van der Waals surface area contributed by atoms with Gasteiger partial charge < -0.3 is 15.0 Å². The molecule has 4 heterocycles. The number of hydrogen-bond donors (Lipinski definition) is 1. The van der Waals surface area contributed by atoms with Crippen molar-refractivity contribution >= 4 is 17.5 Å². The highest BCUT2D eigenvalue weighted by Gasteiger charge is 2.42. The Hall–Kier alpha value is -2.61. The van der Waals surface area contributed by atoms with E-state index in [1.165, 1.54) is 0 Å². The van der Waals surface area contributed by atoms with Gasteiger partial charge in [-0.3, -0.25) is 9.78 Å². The van der Waals surface area contributed by atoms with Crippen molar-refractivity contribution in [3.63, 3.8) is 0 Å². The first-order chi connectivity index (χ1) is 12.2. The number of pyridine rings is 1. The quantitative estimate of drug-likeness (QED) is 0.912. The highest BCUT2D eigenvalue weighted by Crippen LogP contribution is 2.34. The molecule has 3 atom stereocenters. The van der Waals surface area contributed by atoms with Crippen molar-refractivity contribution in [3.05, 3.63) is 42.7 Å². The molecule has 0 radical (unpaired) electrons. The number of carbonyl (C=O) groups excluding carboxylic acids is 1. The Balaban J connectivity index is 1.38. The highest BCUT2D eigenvalue weighted by atomic mass is 19.1. The lowest BCUT2D eigenvalue weighted by Crippen LogP contribution is -2.43. The van der Waals surface area contributed by atoms with E-state index in [0.717, 1.165) is 25.4 Å². The van der Waals surface area contributed by atoms with Crippen molar-refractivity contribution in [3.8, 4) is 0 Å². The number of hydrogen-bond acceptors (Lipinski definition) is 6. The van der Waals surface area contributed by atoms with Gasteiger partial charge in [0.05, 0.1) is 30.4 Å². The Bertz CT molecular complexity index is 742. The number of halogens is 1. The van der Waals surface area contributed by atoms with Crippen LogP contribution < -0.4 is 10.2 Å². The molecular weight excluding hydrogens is 325 g/mol. The molecule has 2 aromatic rings. The average Bonchev–Trinajstić information content (AvgIpc) is 3.06. The third-order valence-electron chi connectivity index (χ3n) is 4.66. The van der Waals surface area contributed by atoms with Crippen LogP contribution in [0.2, 0.25) is 0 Å². The normalized spacial score (nSPS) is 25.5. The van der Waals surface area contributed by atoms with Crippen molar-refractivity contribution < 1.29 is 13.9 Å². The number of ether oxygens (including phenoxy) is 1. The minimum Gasteiger partial charge on any atom is -0.363 e. The fraction of sp³-hybridized carbons (Fsp3) is 0.412. The smallest absolute Gasteiger partial charge is 0.253 e. The topological polar surface area (TPSA) is 80.2 Å². The standard InChI is InChI=1S/C17H18FN5O2/c18-12-7-20-17(21-8-12)23-5-3-11-6-14(25-15(11)10-23)16(24)22-13-2-1-4-19-9-13/h1-2,4,7-9,11,14-15H,3,5-6,10H2,(H,22,24)/t11-,14-,15+/m0/s1. The van der Waals surface area contributed by atoms with Gasteiger partial charge in [-0.05, 0) is 30.9 Å². The van der Waals surface area contributed by atoms with Crippen LogP contribution in [0.25, 0.3) is 0 Å². The molecule has 2 fully saturated rings. The fourth-order valence-electron chi connectivity index (χ4n) is 3.41. The lowest BCUT2D eigenvalue weighted by Gasteiger charge is -2.33. The van der Waals surface area contributed by atoms with Gasteiger partial charge in [-0.2, -0.15) is 0 Å². The number of amides is 1. The minimum absolute atomic E-state index is 0.0490. The predicted molar refractivity (Wildman–Crippen MR) is 88.5 cm³/mol. The van der Waals surface area contributed by atoms with Crippen molar-refractivity contribution in [2.75, 3.05) is 23.3 Å². The van der Waals surface area contributed by atoms with Gasteiger partial charge in [-0.1, -0.05) is 0 Å². The fourth-order valence-corrected chi connectivity index (χ4v) is 3.41. The van der Waals surface area contributed by atoms with Crippen molar-refractivity contribution in [1.82, 2.24) is 15.0 Å². The summed E-state index contributed by atoms with van der Waals surface area (Å²) in [6.07, 6.45) is 6.66. The molecule has 0 aliphatic carbocycles. The minimum atomic E-state index is -0.468. The zero-order valence-electron chi connectivity index (χ0n) is 13.5. The van der Waals surface area contributed by atoms with Gasteiger partial charge in [0.25, 0.3) is 5.91 Å². The van der Waals surface area contributed by atoms with Crippen molar-refractivity contribution in [2.45, 2.75) is 25.0 Å². The number of fused-ring (bicyclic) bond motifs is 1. The summed E-state index contributed by atoms with van der Waals surface area (Å²) in [5.74, 6) is 0.225. The molecule has 8 heteroatoms. The van der Waals surface area contributed by atoms with Gasteiger partial charge >= 0.3 is 0 Å². The second-order valence-electron chi connectivity index (χ2n) is 6.33. The van der Waals surface area contributed by atoms with E-state index in [-0.39, 0.29) is 12.0 Å². The molecule has 0 aromatic carbocycles. The van der Waals surface area contributed by atoms with E-state index in [1.807, 2.05) is 4.90 Å². The van der Waals surface area contributed by atoms with E-state index in [2.05, 4.69) is 20.3 Å². The van der Waals surface area contributed by atoms with Gasteiger partial charge in [0, 0.05) is 19.3 Å². The van der Waals surface area contributed by atoms with E-state index >= 15 is 0 Å². The summed E-state index contributed by atoms with van der Waals surface area (Å²) < 4.78 is 18.9. The third-order valence-corrected chi connectivity index (χ3v) is 4.66. The molecule has 2 aliphatic rings. The number of carbonyl (C=O) groups is 1. The van der Waals surface area contributed by atoms with E-state index < -0.39 is 11.9 Å². The summed E-state index contributed by atoms with van der Waals surface area (Å²) in [4.78, 5) is 26.4. The largest absolute Gasteiger partial charge is 0.363 e. The number of piperidine rings is 1. The van der Waals surface area contributed by atoms with Crippen LogP contribution in [0.5, 0.6) is 0 Å².